The number of hydrogen-bond donors (Lipinski definition) is 2. The molecule has 4 nitrogen and oxygen atoms in total. The van der Waals surface area contributed by atoms with Gasteiger partial charge < -0.3 is 15.1 Å². The van der Waals surface area contributed by atoms with Crippen LogP contribution < -0.4 is 0 Å². The zero-order valence-electron chi connectivity index (χ0n) is 12.9. The Labute approximate surface area is 144 Å². The van der Waals surface area contributed by atoms with Gasteiger partial charge in [0.2, 0.25) is 0 Å². The first-order chi connectivity index (χ1) is 11.4. The number of aromatic hydroxyl groups is 2. The topological polar surface area (TPSA) is 60.8 Å². The second kappa shape index (κ2) is 6.32. The van der Waals surface area contributed by atoms with Crippen LogP contribution in [-0.4, -0.2) is 34.1 Å². The van der Waals surface area contributed by atoms with Gasteiger partial charge in [0.05, 0.1) is 5.56 Å². The Morgan fingerprint density at radius 2 is 1.71 bits per heavy atom. The summed E-state index contributed by atoms with van der Waals surface area (Å²) in [6.07, 6.45) is 0.360. The van der Waals surface area contributed by atoms with Crippen molar-refractivity contribution in [2.75, 3.05) is 13.1 Å². The molecule has 2 N–H and O–H groups in total. The van der Waals surface area contributed by atoms with Gasteiger partial charge in [-0.1, -0.05) is 23.7 Å². The number of benzene rings is 2. The zero-order chi connectivity index (χ0) is 17.3. The number of phenols is 2. The normalized spacial score (nSPS) is 16.8. The first kappa shape index (κ1) is 16.6. The van der Waals surface area contributed by atoms with Crippen molar-refractivity contribution in [1.29, 1.82) is 0 Å². The Hall–Kier alpha value is -2.27. The summed E-state index contributed by atoms with van der Waals surface area (Å²) in [5, 5.41) is 19.7. The van der Waals surface area contributed by atoms with E-state index >= 15 is 4.39 Å². The molecule has 0 atom stereocenters. The fourth-order valence-corrected chi connectivity index (χ4v) is 3.10. The summed E-state index contributed by atoms with van der Waals surface area (Å²) in [6.45, 7) is 0.497. The van der Waals surface area contributed by atoms with E-state index in [2.05, 4.69) is 0 Å². The molecule has 0 aromatic heterocycles. The quantitative estimate of drug-likeness (QED) is 0.865. The molecule has 1 fully saturated rings. The van der Waals surface area contributed by atoms with Gasteiger partial charge in [-0.2, -0.15) is 0 Å². The van der Waals surface area contributed by atoms with Crippen LogP contribution in [0.2, 0.25) is 5.02 Å². The molecule has 2 aromatic rings. The zero-order valence-corrected chi connectivity index (χ0v) is 13.6. The predicted octanol–water partition coefficient (Wildman–Crippen LogP) is 3.85. The van der Waals surface area contributed by atoms with Gasteiger partial charge in [-0.05, 0) is 29.8 Å². The highest BCUT2D eigenvalue weighted by Crippen LogP contribution is 2.38. The average molecular weight is 350 g/mol. The molecule has 0 aliphatic carbocycles. The average Bonchev–Trinajstić information content (AvgIpc) is 2.55. The maximum absolute atomic E-state index is 15.1. The molecule has 0 radical (unpaired) electrons. The summed E-state index contributed by atoms with van der Waals surface area (Å²) in [5.41, 5.74) is -0.824. The lowest BCUT2D eigenvalue weighted by Crippen LogP contribution is -2.43. The first-order valence-electron chi connectivity index (χ1n) is 7.65. The third kappa shape index (κ3) is 3.17. The molecule has 3 rings (SSSR count). The number of carbonyl (C=O) groups is 1. The van der Waals surface area contributed by atoms with Crippen LogP contribution in [0.25, 0.3) is 0 Å². The third-order valence-corrected chi connectivity index (χ3v) is 4.67. The first-order valence-corrected chi connectivity index (χ1v) is 8.03. The van der Waals surface area contributed by atoms with Gasteiger partial charge in [0.25, 0.3) is 5.91 Å². The molecule has 2 aromatic carbocycles. The number of halogens is 2. The van der Waals surface area contributed by atoms with Gasteiger partial charge in [0.15, 0.2) is 0 Å². The van der Waals surface area contributed by atoms with E-state index in [4.69, 9.17) is 11.6 Å². The lowest BCUT2D eigenvalue weighted by atomic mass is 9.86. The van der Waals surface area contributed by atoms with Crippen LogP contribution in [0.5, 0.6) is 11.5 Å². The van der Waals surface area contributed by atoms with E-state index in [9.17, 15) is 15.0 Å². The predicted molar refractivity (Wildman–Crippen MR) is 89.1 cm³/mol. The van der Waals surface area contributed by atoms with Gasteiger partial charge in [-0.3, -0.25) is 4.79 Å². The Kier molecular flexibility index (Phi) is 4.37. The molecule has 1 amide bonds. The fraction of sp³-hybridized carbons (Fsp3) is 0.278. The highest BCUT2D eigenvalue weighted by molar-refractivity contribution is 6.30. The van der Waals surface area contributed by atoms with Crippen LogP contribution in [-0.2, 0) is 5.67 Å². The second-order valence-corrected chi connectivity index (χ2v) is 6.40. The van der Waals surface area contributed by atoms with Gasteiger partial charge in [0, 0.05) is 37.0 Å². The van der Waals surface area contributed by atoms with E-state index in [0.717, 1.165) is 6.07 Å². The molecule has 1 heterocycles. The fourth-order valence-electron chi connectivity index (χ4n) is 2.97. The summed E-state index contributed by atoms with van der Waals surface area (Å²) in [4.78, 5) is 14.0. The third-order valence-electron chi connectivity index (χ3n) is 4.42. The molecule has 24 heavy (non-hydrogen) atoms. The molecule has 0 saturated carbocycles. The molecule has 126 valence electrons. The smallest absolute Gasteiger partial charge is 0.257 e. The van der Waals surface area contributed by atoms with Crippen LogP contribution in [0.15, 0.2) is 42.5 Å². The van der Waals surface area contributed by atoms with Crippen molar-refractivity contribution in [1.82, 2.24) is 4.90 Å². The summed E-state index contributed by atoms with van der Waals surface area (Å²) in [6, 6.07) is 10.5. The highest BCUT2D eigenvalue weighted by Gasteiger charge is 2.38. The van der Waals surface area contributed by atoms with Crippen molar-refractivity contribution in [2.45, 2.75) is 18.5 Å². The summed E-state index contributed by atoms with van der Waals surface area (Å²) >= 11 is 5.84. The molecular weight excluding hydrogens is 333 g/mol. The van der Waals surface area contributed by atoms with Crippen LogP contribution >= 0.6 is 11.6 Å². The van der Waals surface area contributed by atoms with Gasteiger partial charge in [-0.25, -0.2) is 4.39 Å². The van der Waals surface area contributed by atoms with Gasteiger partial charge >= 0.3 is 0 Å². The Morgan fingerprint density at radius 3 is 2.29 bits per heavy atom. The highest BCUT2D eigenvalue weighted by atomic mass is 35.5. The largest absolute Gasteiger partial charge is 0.508 e. The van der Waals surface area contributed by atoms with Crippen molar-refractivity contribution in [2.24, 2.45) is 0 Å². The van der Waals surface area contributed by atoms with Crippen LogP contribution in [0, 0.1) is 0 Å². The van der Waals surface area contributed by atoms with E-state index < -0.39 is 5.67 Å². The molecule has 6 heteroatoms. The number of piperidine rings is 1. The van der Waals surface area contributed by atoms with Gasteiger partial charge in [-0.15, -0.1) is 0 Å². The molecule has 1 aliphatic rings. The molecule has 0 spiro atoms. The Morgan fingerprint density at radius 1 is 1.08 bits per heavy atom. The molecule has 0 bridgehead atoms. The molecule has 1 saturated heterocycles. The van der Waals surface area contributed by atoms with Crippen molar-refractivity contribution in [3.05, 3.63) is 58.6 Å². The second-order valence-electron chi connectivity index (χ2n) is 5.97. The maximum Gasteiger partial charge on any atom is 0.257 e. The van der Waals surface area contributed by atoms with Crippen LogP contribution in [0.4, 0.5) is 4.39 Å². The molecular formula is C18H17ClFNO3. The number of carbonyl (C=O) groups excluding carboxylic acids is 1. The SMILES string of the molecule is O=C(c1ccc(O)cc1O)N1CCC(F)(c2ccc(Cl)cc2)CC1. The monoisotopic (exact) mass is 349 g/mol. The number of phenolic OH excluding ortho intramolecular Hbond substituents is 2. The van der Waals surface area contributed by atoms with Crippen LogP contribution in [0.3, 0.4) is 0 Å². The Balaban J connectivity index is 1.72. The summed E-state index contributed by atoms with van der Waals surface area (Å²) in [5.74, 6) is -0.770. The lowest BCUT2D eigenvalue weighted by Gasteiger charge is -2.36. The van der Waals surface area contributed by atoms with Gasteiger partial charge in [0.1, 0.15) is 17.2 Å². The molecule has 1 aliphatic heterocycles. The molecule has 0 unspecified atom stereocenters. The van der Waals surface area contributed by atoms with Crippen LogP contribution in [0.1, 0.15) is 28.8 Å². The Bertz CT molecular complexity index is 755. The summed E-state index contributed by atoms with van der Waals surface area (Å²) < 4.78 is 15.1. The standard InChI is InChI=1S/C18H17ClFNO3/c19-13-3-1-12(2-4-13)18(20)7-9-21(10-8-18)17(24)15-6-5-14(22)11-16(15)23/h1-6,11,22-23H,7-10H2. The van der Waals surface area contributed by atoms with E-state index in [0.29, 0.717) is 10.6 Å². The van der Waals surface area contributed by atoms with E-state index in [-0.39, 0.29) is 48.9 Å². The minimum atomic E-state index is -1.49. The van der Waals surface area contributed by atoms with E-state index in [1.165, 1.54) is 17.0 Å². The summed E-state index contributed by atoms with van der Waals surface area (Å²) in [7, 11) is 0. The number of alkyl halides is 1. The van der Waals surface area contributed by atoms with Crippen molar-refractivity contribution in [3.63, 3.8) is 0 Å². The van der Waals surface area contributed by atoms with E-state index in [1.54, 1.807) is 24.3 Å². The number of hydrogen-bond acceptors (Lipinski definition) is 3. The van der Waals surface area contributed by atoms with Crippen molar-refractivity contribution < 1.29 is 19.4 Å². The maximum atomic E-state index is 15.1. The minimum absolute atomic E-state index is 0.102. The number of amides is 1. The number of rotatable bonds is 2. The van der Waals surface area contributed by atoms with Crippen molar-refractivity contribution in [3.8, 4) is 11.5 Å². The van der Waals surface area contributed by atoms with Crippen molar-refractivity contribution >= 4 is 17.5 Å². The van der Waals surface area contributed by atoms with E-state index in [1.807, 2.05) is 0 Å². The lowest BCUT2D eigenvalue weighted by molar-refractivity contribution is 0.0419. The minimum Gasteiger partial charge on any atom is -0.508 e. The number of nitrogens with zero attached hydrogens (tertiary/aromatic N) is 1. The number of likely N-dealkylation sites (tertiary alicyclic amines) is 1.